The number of nitrogens with zero attached hydrogens (tertiary/aromatic N) is 1. The third-order valence-corrected chi connectivity index (χ3v) is 1.06. The van der Waals surface area contributed by atoms with Crippen molar-refractivity contribution in [2.45, 2.75) is 26.8 Å². The van der Waals surface area contributed by atoms with Gasteiger partial charge in [0.05, 0.1) is 0 Å². The fourth-order valence-corrected chi connectivity index (χ4v) is 0.730. The normalized spacial score (nSPS) is 10.4. The molecule has 10 heavy (non-hydrogen) atoms. The standard InChI is InChI=1S/C7H12N2O/c1-5(2)8-7-4-6(3)10-9-7/h4-5H,1-3H3,(H,8,9). The van der Waals surface area contributed by atoms with Gasteiger partial charge in [-0.15, -0.1) is 0 Å². The Bertz CT molecular complexity index is 205. The highest BCUT2D eigenvalue weighted by molar-refractivity contribution is 5.33. The summed E-state index contributed by atoms with van der Waals surface area (Å²) in [5.41, 5.74) is 0. The Balaban J connectivity index is 2.58. The molecule has 3 nitrogen and oxygen atoms in total. The molecule has 0 aliphatic rings. The second-order valence-corrected chi connectivity index (χ2v) is 2.62. The number of anilines is 1. The summed E-state index contributed by atoms with van der Waals surface area (Å²) in [7, 11) is 0. The highest BCUT2D eigenvalue weighted by Crippen LogP contribution is 2.07. The molecule has 1 N–H and O–H groups in total. The van der Waals surface area contributed by atoms with Crippen molar-refractivity contribution < 1.29 is 4.52 Å². The van der Waals surface area contributed by atoms with E-state index in [0.717, 1.165) is 11.6 Å². The predicted molar refractivity (Wildman–Crippen MR) is 40.0 cm³/mol. The fraction of sp³-hybridized carbons (Fsp3) is 0.571. The van der Waals surface area contributed by atoms with E-state index in [9.17, 15) is 0 Å². The first kappa shape index (κ1) is 7.12. The Kier molecular flexibility index (Phi) is 1.94. The molecule has 1 rings (SSSR count). The van der Waals surface area contributed by atoms with Gasteiger partial charge in [-0.2, -0.15) is 0 Å². The second kappa shape index (κ2) is 2.73. The van der Waals surface area contributed by atoms with Crippen LogP contribution in [0.25, 0.3) is 0 Å². The smallest absolute Gasteiger partial charge is 0.169 e. The zero-order valence-corrected chi connectivity index (χ0v) is 6.51. The first-order chi connectivity index (χ1) is 4.68. The van der Waals surface area contributed by atoms with Gasteiger partial charge in [0.2, 0.25) is 0 Å². The first-order valence-electron chi connectivity index (χ1n) is 3.38. The average Bonchev–Trinajstić information content (AvgIpc) is 2.13. The molecule has 0 fully saturated rings. The average molecular weight is 140 g/mol. The lowest BCUT2D eigenvalue weighted by Gasteiger charge is -2.03. The fourth-order valence-electron chi connectivity index (χ4n) is 0.730. The number of hydrogen-bond acceptors (Lipinski definition) is 3. The van der Waals surface area contributed by atoms with Crippen LogP contribution in [-0.4, -0.2) is 11.2 Å². The topological polar surface area (TPSA) is 38.1 Å². The van der Waals surface area contributed by atoms with Crippen LogP contribution in [0.3, 0.4) is 0 Å². The van der Waals surface area contributed by atoms with Crippen molar-refractivity contribution in [3.8, 4) is 0 Å². The number of hydrogen-bond donors (Lipinski definition) is 1. The van der Waals surface area contributed by atoms with Crippen molar-refractivity contribution in [3.05, 3.63) is 11.8 Å². The molecule has 1 heterocycles. The molecule has 1 aromatic rings. The Morgan fingerprint density at radius 1 is 1.60 bits per heavy atom. The van der Waals surface area contributed by atoms with Crippen molar-refractivity contribution in [2.75, 3.05) is 5.32 Å². The highest BCUT2D eigenvalue weighted by Gasteiger charge is 1.99. The Morgan fingerprint density at radius 3 is 2.70 bits per heavy atom. The van der Waals surface area contributed by atoms with Gasteiger partial charge in [0.1, 0.15) is 5.76 Å². The van der Waals surface area contributed by atoms with Crippen LogP contribution < -0.4 is 5.32 Å². The van der Waals surface area contributed by atoms with Gasteiger partial charge >= 0.3 is 0 Å². The van der Waals surface area contributed by atoms with Gasteiger partial charge in [-0.05, 0) is 20.8 Å². The summed E-state index contributed by atoms with van der Waals surface area (Å²) in [6.45, 7) is 5.99. The van der Waals surface area contributed by atoms with Crippen LogP contribution in [0.15, 0.2) is 10.6 Å². The van der Waals surface area contributed by atoms with Crippen LogP contribution in [0.2, 0.25) is 0 Å². The number of nitrogens with one attached hydrogen (secondary N) is 1. The molecule has 1 aromatic heterocycles. The van der Waals surface area contributed by atoms with Crippen molar-refractivity contribution in [1.29, 1.82) is 0 Å². The lowest BCUT2D eigenvalue weighted by molar-refractivity contribution is 0.399. The van der Waals surface area contributed by atoms with E-state index in [2.05, 4.69) is 24.3 Å². The van der Waals surface area contributed by atoms with Crippen molar-refractivity contribution in [2.24, 2.45) is 0 Å². The molecular formula is C7H12N2O. The van der Waals surface area contributed by atoms with Crippen molar-refractivity contribution >= 4 is 5.82 Å². The summed E-state index contributed by atoms with van der Waals surface area (Å²) in [5.74, 6) is 1.65. The number of aromatic nitrogens is 1. The van der Waals surface area contributed by atoms with E-state index in [1.165, 1.54) is 0 Å². The minimum Gasteiger partial charge on any atom is -0.365 e. The summed E-state index contributed by atoms with van der Waals surface area (Å²) in [4.78, 5) is 0. The van der Waals surface area contributed by atoms with Gasteiger partial charge in [0.15, 0.2) is 5.82 Å². The summed E-state index contributed by atoms with van der Waals surface area (Å²) in [6, 6.07) is 2.28. The third kappa shape index (κ3) is 1.76. The van der Waals surface area contributed by atoms with E-state index in [0.29, 0.717) is 6.04 Å². The Labute approximate surface area is 60.4 Å². The molecule has 0 aromatic carbocycles. The lowest BCUT2D eigenvalue weighted by atomic mass is 10.4. The van der Waals surface area contributed by atoms with Crippen LogP contribution in [0.4, 0.5) is 5.82 Å². The Morgan fingerprint density at radius 2 is 2.30 bits per heavy atom. The SMILES string of the molecule is Cc1cc(NC(C)C)no1. The molecule has 0 spiro atoms. The molecule has 0 bridgehead atoms. The van der Waals surface area contributed by atoms with E-state index in [4.69, 9.17) is 4.52 Å². The summed E-state index contributed by atoms with van der Waals surface area (Å²) in [6.07, 6.45) is 0. The maximum absolute atomic E-state index is 4.85. The van der Waals surface area contributed by atoms with Crippen LogP contribution in [-0.2, 0) is 0 Å². The zero-order chi connectivity index (χ0) is 7.56. The van der Waals surface area contributed by atoms with E-state index in [1.807, 2.05) is 13.0 Å². The molecule has 0 saturated heterocycles. The maximum Gasteiger partial charge on any atom is 0.169 e. The quantitative estimate of drug-likeness (QED) is 0.680. The summed E-state index contributed by atoms with van der Waals surface area (Å²) in [5, 5.41) is 6.89. The van der Waals surface area contributed by atoms with E-state index in [-0.39, 0.29) is 0 Å². The van der Waals surface area contributed by atoms with Crippen LogP contribution in [0, 0.1) is 6.92 Å². The van der Waals surface area contributed by atoms with Gasteiger partial charge in [-0.1, -0.05) is 5.16 Å². The molecule has 3 heteroatoms. The van der Waals surface area contributed by atoms with Crippen molar-refractivity contribution in [1.82, 2.24) is 5.16 Å². The first-order valence-corrected chi connectivity index (χ1v) is 3.38. The van der Waals surface area contributed by atoms with Crippen LogP contribution in [0.1, 0.15) is 19.6 Å². The van der Waals surface area contributed by atoms with Crippen molar-refractivity contribution in [3.63, 3.8) is 0 Å². The van der Waals surface area contributed by atoms with Gasteiger partial charge < -0.3 is 9.84 Å². The van der Waals surface area contributed by atoms with Gasteiger partial charge in [0, 0.05) is 12.1 Å². The molecule has 56 valence electrons. The molecule has 0 radical (unpaired) electrons. The summed E-state index contributed by atoms with van der Waals surface area (Å²) < 4.78 is 4.85. The lowest BCUT2D eigenvalue weighted by Crippen LogP contribution is -2.09. The molecular weight excluding hydrogens is 128 g/mol. The van der Waals surface area contributed by atoms with Gasteiger partial charge in [-0.3, -0.25) is 0 Å². The molecule has 0 unspecified atom stereocenters. The van der Waals surface area contributed by atoms with E-state index < -0.39 is 0 Å². The monoisotopic (exact) mass is 140 g/mol. The Hall–Kier alpha value is -0.990. The highest BCUT2D eigenvalue weighted by atomic mass is 16.5. The van der Waals surface area contributed by atoms with Crippen LogP contribution in [0.5, 0.6) is 0 Å². The molecule has 0 aliphatic heterocycles. The molecule has 0 atom stereocenters. The predicted octanol–water partition coefficient (Wildman–Crippen LogP) is 1.80. The molecule has 0 saturated carbocycles. The zero-order valence-electron chi connectivity index (χ0n) is 6.51. The molecule has 0 amide bonds. The van der Waals surface area contributed by atoms with E-state index >= 15 is 0 Å². The third-order valence-electron chi connectivity index (χ3n) is 1.06. The number of aryl methyl sites for hydroxylation is 1. The van der Waals surface area contributed by atoms with Gasteiger partial charge in [-0.25, -0.2) is 0 Å². The maximum atomic E-state index is 4.85. The van der Waals surface area contributed by atoms with E-state index in [1.54, 1.807) is 0 Å². The second-order valence-electron chi connectivity index (χ2n) is 2.62. The summed E-state index contributed by atoms with van der Waals surface area (Å²) >= 11 is 0. The minimum atomic E-state index is 0.407. The van der Waals surface area contributed by atoms with Crippen LogP contribution >= 0.6 is 0 Å². The van der Waals surface area contributed by atoms with Gasteiger partial charge in [0.25, 0.3) is 0 Å². The largest absolute Gasteiger partial charge is 0.365 e. The minimum absolute atomic E-state index is 0.407. The molecule has 0 aliphatic carbocycles. The number of rotatable bonds is 2.